The molecule has 2 N–H and O–H groups in total. The maximum Gasteiger partial charge on any atom is 0.251 e. The number of nitrogens with two attached hydrogens (primary N) is 1. The Kier molecular flexibility index (Phi) is 3.70. The Morgan fingerprint density at radius 2 is 2.10 bits per heavy atom. The molecule has 21 heavy (non-hydrogen) atoms. The van der Waals surface area contributed by atoms with Crippen molar-refractivity contribution < 1.29 is 18.3 Å². The van der Waals surface area contributed by atoms with E-state index in [0.717, 1.165) is 12.8 Å². The molecule has 0 atom stereocenters. The minimum absolute atomic E-state index is 0.156. The van der Waals surface area contributed by atoms with Gasteiger partial charge in [0.1, 0.15) is 5.82 Å². The zero-order chi connectivity index (χ0) is 14.8. The van der Waals surface area contributed by atoms with Gasteiger partial charge in [-0.25, -0.2) is 9.37 Å². The van der Waals surface area contributed by atoms with Crippen molar-refractivity contribution in [2.24, 2.45) is 5.73 Å². The normalized spacial score (nSPS) is 16.0. The topological polar surface area (TPSA) is 78.4 Å². The minimum Gasteiger partial charge on any atom is -0.440 e. The molecule has 1 aromatic heterocycles. The third-order valence-corrected chi connectivity index (χ3v) is 3.62. The second-order valence-corrected chi connectivity index (χ2v) is 4.98. The summed E-state index contributed by atoms with van der Waals surface area (Å²) >= 11 is 0. The highest BCUT2D eigenvalue weighted by Crippen LogP contribution is 2.31. The maximum absolute atomic E-state index is 14.3. The van der Waals surface area contributed by atoms with E-state index in [-0.39, 0.29) is 17.0 Å². The van der Waals surface area contributed by atoms with Gasteiger partial charge in [0.05, 0.1) is 17.3 Å². The molecule has 1 saturated heterocycles. The SMILES string of the molecule is NC(=O)c1cccc(-c2cnc(C3CCOCC3)o2)c1F. The van der Waals surface area contributed by atoms with E-state index in [9.17, 15) is 9.18 Å². The largest absolute Gasteiger partial charge is 0.440 e. The highest BCUT2D eigenvalue weighted by Gasteiger charge is 2.22. The Bertz CT molecular complexity index is 663. The Balaban J connectivity index is 1.93. The molecule has 0 saturated carbocycles. The third-order valence-electron chi connectivity index (χ3n) is 3.62. The molecule has 6 heteroatoms. The first-order valence-electron chi connectivity index (χ1n) is 6.79. The molecule has 1 aliphatic heterocycles. The molecule has 1 amide bonds. The van der Waals surface area contributed by atoms with Crippen LogP contribution in [0.15, 0.2) is 28.8 Å². The van der Waals surface area contributed by atoms with Gasteiger partial charge >= 0.3 is 0 Å². The van der Waals surface area contributed by atoms with Crippen LogP contribution in [0.3, 0.4) is 0 Å². The van der Waals surface area contributed by atoms with Gasteiger partial charge < -0.3 is 14.9 Å². The summed E-state index contributed by atoms with van der Waals surface area (Å²) in [6.45, 7) is 1.35. The van der Waals surface area contributed by atoms with E-state index in [2.05, 4.69) is 4.98 Å². The average Bonchev–Trinajstić information content (AvgIpc) is 2.98. The third kappa shape index (κ3) is 2.67. The molecule has 1 fully saturated rings. The van der Waals surface area contributed by atoms with Gasteiger partial charge in [0.25, 0.3) is 5.91 Å². The number of aromatic nitrogens is 1. The smallest absolute Gasteiger partial charge is 0.251 e. The van der Waals surface area contributed by atoms with Crippen LogP contribution in [0.1, 0.15) is 35.0 Å². The lowest BCUT2D eigenvalue weighted by Gasteiger charge is -2.18. The first-order valence-corrected chi connectivity index (χ1v) is 6.79. The van der Waals surface area contributed by atoms with E-state index < -0.39 is 11.7 Å². The molecular weight excluding hydrogens is 275 g/mol. The minimum atomic E-state index is -0.807. The zero-order valence-electron chi connectivity index (χ0n) is 11.3. The average molecular weight is 290 g/mol. The van der Waals surface area contributed by atoms with Gasteiger partial charge in [-0.2, -0.15) is 0 Å². The standard InChI is InChI=1S/C15H15FN2O3/c16-13-10(2-1-3-11(13)14(17)19)12-8-18-15(21-12)9-4-6-20-7-5-9/h1-3,8-9H,4-7H2,(H2,17,19). The Labute approximate surface area is 120 Å². The van der Waals surface area contributed by atoms with Crippen LogP contribution in [0.5, 0.6) is 0 Å². The van der Waals surface area contributed by atoms with Crippen molar-refractivity contribution in [3.63, 3.8) is 0 Å². The molecule has 1 aromatic carbocycles. The predicted octanol–water partition coefficient (Wildman–Crippen LogP) is 2.47. The number of benzene rings is 1. The first-order chi connectivity index (χ1) is 10.2. The highest BCUT2D eigenvalue weighted by molar-refractivity contribution is 5.94. The van der Waals surface area contributed by atoms with Crippen LogP contribution in [0, 0.1) is 5.82 Å². The Hall–Kier alpha value is -2.21. The number of oxazole rings is 1. The summed E-state index contributed by atoms with van der Waals surface area (Å²) in [4.78, 5) is 15.4. The number of hydrogen-bond acceptors (Lipinski definition) is 4. The summed E-state index contributed by atoms with van der Waals surface area (Å²) in [5.74, 6) is -0.414. The number of halogens is 1. The van der Waals surface area contributed by atoms with Crippen molar-refractivity contribution in [1.29, 1.82) is 0 Å². The molecule has 5 nitrogen and oxygen atoms in total. The number of carbonyl (C=O) groups is 1. The van der Waals surface area contributed by atoms with Gasteiger partial charge in [0, 0.05) is 19.1 Å². The maximum atomic E-state index is 14.3. The van der Waals surface area contributed by atoms with Crippen LogP contribution in [0.4, 0.5) is 4.39 Å². The lowest BCUT2D eigenvalue weighted by atomic mass is 10.0. The van der Waals surface area contributed by atoms with Gasteiger partial charge in [0.2, 0.25) is 0 Å². The highest BCUT2D eigenvalue weighted by atomic mass is 19.1. The molecule has 0 unspecified atom stereocenters. The number of carbonyl (C=O) groups excluding carboxylic acids is 1. The van der Waals surface area contributed by atoms with E-state index in [0.29, 0.717) is 24.9 Å². The van der Waals surface area contributed by atoms with Crippen LogP contribution in [-0.2, 0) is 4.74 Å². The van der Waals surface area contributed by atoms with E-state index in [4.69, 9.17) is 14.9 Å². The number of nitrogens with zero attached hydrogens (tertiary/aromatic N) is 1. The molecule has 0 radical (unpaired) electrons. The fraction of sp³-hybridized carbons (Fsp3) is 0.333. The van der Waals surface area contributed by atoms with Crippen LogP contribution in [0.2, 0.25) is 0 Å². The van der Waals surface area contributed by atoms with Gasteiger partial charge in [-0.05, 0) is 25.0 Å². The van der Waals surface area contributed by atoms with E-state index in [1.165, 1.54) is 18.3 Å². The quantitative estimate of drug-likeness (QED) is 0.941. The molecule has 2 heterocycles. The summed E-state index contributed by atoms with van der Waals surface area (Å²) in [6, 6.07) is 4.45. The fourth-order valence-corrected chi connectivity index (χ4v) is 2.46. The van der Waals surface area contributed by atoms with Gasteiger partial charge in [0.15, 0.2) is 11.7 Å². The van der Waals surface area contributed by atoms with Crippen LogP contribution >= 0.6 is 0 Å². The van der Waals surface area contributed by atoms with Gasteiger partial charge in [-0.1, -0.05) is 6.07 Å². The summed E-state index contributed by atoms with van der Waals surface area (Å²) in [6.07, 6.45) is 3.15. The van der Waals surface area contributed by atoms with E-state index in [1.54, 1.807) is 6.07 Å². The molecule has 110 valence electrons. The van der Waals surface area contributed by atoms with Crippen molar-refractivity contribution >= 4 is 5.91 Å². The van der Waals surface area contributed by atoms with Crippen molar-refractivity contribution in [3.8, 4) is 11.3 Å². The number of ether oxygens (including phenoxy) is 1. The molecule has 3 rings (SSSR count). The second kappa shape index (κ2) is 5.65. The molecule has 2 aromatic rings. The number of rotatable bonds is 3. The van der Waals surface area contributed by atoms with E-state index >= 15 is 0 Å². The molecular formula is C15H15FN2O3. The molecule has 0 bridgehead atoms. The van der Waals surface area contributed by atoms with Crippen LogP contribution < -0.4 is 5.73 Å². The van der Waals surface area contributed by atoms with Gasteiger partial charge in [-0.3, -0.25) is 4.79 Å². The number of primary amides is 1. The monoisotopic (exact) mass is 290 g/mol. The van der Waals surface area contributed by atoms with Crippen LogP contribution in [-0.4, -0.2) is 24.1 Å². The number of hydrogen-bond donors (Lipinski definition) is 1. The van der Waals surface area contributed by atoms with Crippen molar-refractivity contribution in [1.82, 2.24) is 4.98 Å². The predicted molar refractivity (Wildman–Crippen MR) is 73.2 cm³/mol. The van der Waals surface area contributed by atoms with E-state index in [1.807, 2.05) is 0 Å². The van der Waals surface area contributed by atoms with Crippen molar-refractivity contribution in [3.05, 3.63) is 41.7 Å². The lowest BCUT2D eigenvalue weighted by Crippen LogP contribution is -2.14. The fourth-order valence-electron chi connectivity index (χ4n) is 2.46. The molecule has 0 aliphatic carbocycles. The van der Waals surface area contributed by atoms with Gasteiger partial charge in [-0.15, -0.1) is 0 Å². The summed E-state index contributed by atoms with van der Waals surface area (Å²) < 4.78 is 25.2. The Morgan fingerprint density at radius 3 is 2.81 bits per heavy atom. The van der Waals surface area contributed by atoms with Crippen molar-refractivity contribution in [2.45, 2.75) is 18.8 Å². The number of amides is 1. The Morgan fingerprint density at radius 1 is 1.33 bits per heavy atom. The van der Waals surface area contributed by atoms with Crippen LogP contribution in [0.25, 0.3) is 11.3 Å². The molecule has 1 aliphatic rings. The molecule has 0 spiro atoms. The summed E-state index contributed by atoms with van der Waals surface area (Å²) in [7, 11) is 0. The zero-order valence-corrected chi connectivity index (χ0v) is 11.3. The first kappa shape index (κ1) is 13.8. The summed E-state index contributed by atoms with van der Waals surface area (Å²) in [5, 5.41) is 0. The second-order valence-electron chi connectivity index (χ2n) is 4.98. The van der Waals surface area contributed by atoms with Crippen molar-refractivity contribution in [2.75, 3.05) is 13.2 Å². The lowest BCUT2D eigenvalue weighted by molar-refractivity contribution is 0.0796. The summed E-state index contributed by atoms with van der Waals surface area (Å²) in [5.41, 5.74) is 5.18.